The normalized spacial score (nSPS) is 13.3. The highest BCUT2D eigenvalue weighted by atomic mass is 19.1. The second-order valence-electron chi connectivity index (χ2n) is 5.03. The van der Waals surface area contributed by atoms with Crippen molar-refractivity contribution >= 4 is 11.6 Å². The van der Waals surface area contributed by atoms with Gasteiger partial charge in [-0.25, -0.2) is 4.39 Å². The van der Waals surface area contributed by atoms with Crippen molar-refractivity contribution in [1.29, 1.82) is 0 Å². The topological polar surface area (TPSA) is 47.6 Å². The van der Waals surface area contributed by atoms with E-state index >= 15 is 0 Å². The lowest BCUT2D eigenvalue weighted by molar-refractivity contribution is -0.115. The van der Waals surface area contributed by atoms with E-state index in [1.807, 2.05) is 0 Å². The number of amides is 1. The summed E-state index contributed by atoms with van der Waals surface area (Å²) < 4.78 is 24.6. The van der Waals surface area contributed by atoms with Crippen LogP contribution < -0.4 is 14.8 Å². The van der Waals surface area contributed by atoms with Gasteiger partial charge in [0.25, 0.3) is 0 Å². The third-order valence-electron chi connectivity index (χ3n) is 3.34. The zero-order valence-corrected chi connectivity index (χ0v) is 12.0. The standard InChI is InChI=1S/C17H16FNO3/c18-14-5-2-1-4-12(14)10-17(20)19-13-6-7-15-16(11-13)22-9-3-8-21-15/h1-2,4-7,11H,3,8-10H2,(H,19,20). The van der Waals surface area contributed by atoms with Crippen LogP contribution in [-0.2, 0) is 11.2 Å². The minimum atomic E-state index is -0.378. The van der Waals surface area contributed by atoms with Crippen LogP contribution in [0.4, 0.5) is 10.1 Å². The molecule has 1 amide bonds. The monoisotopic (exact) mass is 301 g/mol. The largest absolute Gasteiger partial charge is 0.490 e. The van der Waals surface area contributed by atoms with Gasteiger partial charge < -0.3 is 14.8 Å². The molecule has 0 fully saturated rings. The van der Waals surface area contributed by atoms with Crippen LogP contribution in [0, 0.1) is 5.82 Å². The lowest BCUT2D eigenvalue weighted by atomic mass is 10.1. The summed E-state index contributed by atoms with van der Waals surface area (Å²) >= 11 is 0. The van der Waals surface area contributed by atoms with Crippen LogP contribution in [-0.4, -0.2) is 19.1 Å². The summed E-state index contributed by atoms with van der Waals surface area (Å²) in [7, 11) is 0. The highest BCUT2D eigenvalue weighted by molar-refractivity contribution is 5.92. The van der Waals surface area contributed by atoms with Crippen molar-refractivity contribution in [2.75, 3.05) is 18.5 Å². The minimum Gasteiger partial charge on any atom is -0.490 e. The quantitative estimate of drug-likeness (QED) is 0.947. The van der Waals surface area contributed by atoms with Crippen LogP contribution in [0.15, 0.2) is 42.5 Å². The Morgan fingerprint density at radius 3 is 2.68 bits per heavy atom. The number of hydrogen-bond donors (Lipinski definition) is 1. The molecule has 0 spiro atoms. The van der Waals surface area contributed by atoms with Crippen molar-refractivity contribution in [2.45, 2.75) is 12.8 Å². The first-order valence-corrected chi connectivity index (χ1v) is 7.15. The Bertz CT molecular complexity index is 687. The summed E-state index contributed by atoms with van der Waals surface area (Å²) in [6, 6.07) is 11.5. The summed E-state index contributed by atoms with van der Waals surface area (Å²) in [5.41, 5.74) is 0.972. The Morgan fingerprint density at radius 1 is 1.09 bits per heavy atom. The van der Waals surface area contributed by atoms with Crippen molar-refractivity contribution in [3.05, 3.63) is 53.8 Å². The zero-order valence-electron chi connectivity index (χ0n) is 12.0. The molecule has 1 aliphatic rings. The average Bonchev–Trinajstić information content (AvgIpc) is 2.74. The van der Waals surface area contributed by atoms with E-state index in [9.17, 15) is 9.18 Å². The number of benzene rings is 2. The third-order valence-corrected chi connectivity index (χ3v) is 3.34. The van der Waals surface area contributed by atoms with E-state index in [4.69, 9.17) is 9.47 Å². The van der Waals surface area contributed by atoms with Gasteiger partial charge in [0.15, 0.2) is 11.5 Å². The van der Waals surface area contributed by atoms with Crippen LogP contribution in [0.3, 0.4) is 0 Å². The van der Waals surface area contributed by atoms with Gasteiger partial charge in [0.05, 0.1) is 19.6 Å². The van der Waals surface area contributed by atoms with Gasteiger partial charge in [-0.3, -0.25) is 4.79 Å². The molecule has 114 valence electrons. The molecule has 2 aromatic carbocycles. The van der Waals surface area contributed by atoms with E-state index in [2.05, 4.69) is 5.32 Å². The number of nitrogens with one attached hydrogen (secondary N) is 1. The molecule has 2 aromatic rings. The Kier molecular flexibility index (Phi) is 4.23. The summed E-state index contributed by atoms with van der Waals surface area (Å²) in [5, 5.41) is 2.75. The Balaban J connectivity index is 1.69. The average molecular weight is 301 g/mol. The number of carbonyl (C=O) groups excluding carboxylic acids is 1. The van der Waals surface area contributed by atoms with Crippen LogP contribution >= 0.6 is 0 Å². The number of ether oxygens (including phenoxy) is 2. The van der Waals surface area contributed by atoms with E-state index in [0.717, 1.165) is 6.42 Å². The molecule has 1 N–H and O–H groups in total. The minimum absolute atomic E-state index is 0.0128. The van der Waals surface area contributed by atoms with Gasteiger partial charge in [0, 0.05) is 18.2 Å². The van der Waals surface area contributed by atoms with E-state index in [0.29, 0.717) is 36.0 Å². The Labute approximate surface area is 127 Å². The van der Waals surface area contributed by atoms with Crippen LogP contribution in [0.25, 0.3) is 0 Å². The SMILES string of the molecule is O=C(Cc1ccccc1F)Nc1ccc2c(c1)OCCCO2. The molecule has 0 bridgehead atoms. The first kappa shape index (κ1) is 14.4. The van der Waals surface area contributed by atoms with Gasteiger partial charge in [-0.05, 0) is 23.8 Å². The van der Waals surface area contributed by atoms with Crippen molar-refractivity contribution in [1.82, 2.24) is 0 Å². The number of halogens is 1. The molecule has 0 aliphatic carbocycles. The third kappa shape index (κ3) is 3.36. The predicted octanol–water partition coefficient (Wildman–Crippen LogP) is 3.17. The maximum absolute atomic E-state index is 13.5. The van der Waals surface area contributed by atoms with Crippen molar-refractivity contribution in [3.63, 3.8) is 0 Å². The highest BCUT2D eigenvalue weighted by Gasteiger charge is 2.13. The summed E-state index contributed by atoms with van der Waals surface area (Å²) in [4.78, 5) is 12.0. The molecule has 0 radical (unpaired) electrons. The summed E-state index contributed by atoms with van der Waals surface area (Å²) in [6.45, 7) is 1.20. The van der Waals surface area contributed by atoms with Crippen molar-refractivity contribution < 1.29 is 18.7 Å². The van der Waals surface area contributed by atoms with Gasteiger partial charge in [-0.15, -0.1) is 0 Å². The fourth-order valence-electron chi connectivity index (χ4n) is 2.26. The molecule has 5 heteroatoms. The molecule has 0 saturated carbocycles. The maximum Gasteiger partial charge on any atom is 0.228 e. The van der Waals surface area contributed by atoms with E-state index in [1.165, 1.54) is 6.07 Å². The molecule has 22 heavy (non-hydrogen) atoms. The Morgan fingerprint density at radius 2 is 1.86 bits per heavy atom. The number of fused-ring (bicyclic) bond motifs is 1. The number of hydrogen-bond acceptors (Lipinski definition) is 3. The van der Waals surface area contributed by atoms with Gasteiger partial charge in [0.1, 0.15) is 5.82 Å². The highest BCUT2D eigenvalue weighted by Crippen LogP contribution is 2.32. The second-order valence-corrected chi connectivity index (χ2v) is 5.03. The van der Waals surface area contributed by atoms with Gasteiger partial charge in [-0.2, -0.15) is 0 Å². The van der Waals surface area contributed by atoms with E-state index in [1.54, 1.807) is 36.4 Å². The number of rotatable bonds is 3. The smallest absolute Gasteiger partial charge is 0.228 e. The molecule has 3 rings (SSSR count). The van der Waals surface area contributed by atoms with Crippen molar-refractivity contribution in [3.8, 4) is 11.5 Å². The second kappa shape index (κ2) is 6.47. The molecule has 0 saturated heterocycles. The lowest BCUT2D eigenvalue weighted by Crippen LogP contribution is -2.15. The molecule has 0 unspecified atom stereocenters. The zero-order chi connectivity index (χ0) is 15.4. The molecule has 0 atom stereocenters. The molecule has 1 heterocycles. The van der Waals surface area contributed by atoms with Crippen LogP contribution in [0.2, 0.25) is 0 Å². The van der Waals surface area contributed by atoms with Crippen LogP contribution in [0.5, 0.6) is 11.5 Å². The summed E-state index contributed by atoms with van der Waals surface area (Å²) in [6.07, 6.45) is 0.810. The van der Waals surface area contributed by atoms with Gasteiger partial charge >= 0.3 is 0 Å². The first-order valence-electron chi connectivity index (χ1n) is 7.15. The number of anilines is 1. The van der Waals surface area contributed by atoms with Crippen LogP contribution in [0.1, 0.15) is 12.0 Å². The molecule has 0 aromatic heterocycles. The van der Waals surface area contributed by atoms with Crippen molar-refractivity contribution in [2.24, 2.45) is 0 Å². The fourth-order valence-corrected chi connectivity index (χ4v) is 2.26. The first-order chi connectivity index (χ1) is 10.7. The molecule has 4 nitrogen and oxygen atoms in total. The predicted molar refractivity (Wildman–Crippen MR) is 80.8 cm³/mol. The molecular formula is C17H16FNO3. The number of carbonyl (C=O) groups is 1. The van der Waals surface area contributed by atoms with E-state index < -0.39 is 0 Å². The lowest BCUT2D eigenvalue weighted by Gasteiger charge is -2.10. The molecule has 1 aliphatic heterocycles. The molecular weight excluding hydrogens is 285 g/mol. The Hall–Kier alpha value is -2.56. The van der Waals surface area contributed by atoms with Gasteiger partial charge in [0.2, 0.25) is 5.91 Å². The fraction of sp³-hybridized carbons (Fsp3) is 0.235. The van der Waals surface area contributed by atoms with E-state index in [-0.39, 0.29) is 18.1 Å². The maximum atomic E-state index is 13.5. The van der Waals surface area contributed by atoms with Gasteiger partial charge in [-0.1, -0.05) is 18.2 Å². The summed E-state index contributed by atoms with van der Waals surface area (Å²) in [5.74, 6) is 0.627.